The minimum Gasteiger partial charge on any atom is -0.271 e. The molecule has 1 aliphatic rings. The molecule has 108 valence electrons. The van der Waals surface area contributed by atoms with Crippen LogP contribution in [-0.4, -0.2) is 25.8 Å². The van der Waals surface area contributed by atoms with Crippen molar-refractivity contribution in [3.63, 3.8) is 0 Å². The average molecular weight is 297 g/mol. The van der Waals surface area contributed by atoms with Crippen molar-refractivity contribution in [2.24, 2.45) is 5.92 Å². The molecule has 0 unspecified atom stereocenters. The van der Waals surface area contributed by atoms with Gasteiger partial charge in [-0.05, 0) is 37.0 Å². The van der Waals surface area contributed by atoms with E-state index in [1.807, 2.05) is 0 Å². The maximum Gasteiger partial charge on any atom is 0.301 e. The van der Waals surface area contributed by atoms with Gasteiger partial charge in [0.1, 0.15) is 11.9 Å². The summed E-state index contributed by atoms with van der Waals surface area (Å²) in [6.07, 6.45) is 1.65. The van der Waals surface area contributed by atoms with Gasteiger partial charge in [-0.2, -0.15) is 18.0 Å². The van der Waals surface area contributed by atoms with Gasteiger partial charge in [0.05, 0.1) is 11.3 Å². The van der Waals surface area contributed by atoms with Crippen LogP contribution in [0.3, 0.4) is 0 Å². The number of halogens is 1. The summed E-state index contributed by atoms with van der Waals surface area (Å²) in [5.74, 6) is -0.139. The van der Waals surface area contributed by atoms with E-state index in [2.05, 4.69) is 11.6 Å². The minimum atomic E-state index is -3.65. The third kappa shape index (κ3) is 3.26. The van der Waals surface area contributed by atoms with Crippen molar-refractivity contribution in [2.75, 3.05) is 17.8 Å². The topological polar surface area (TPSA) is 73.2 Å². The monoisotopic (exact) mass is 297 g/mol. The molecule has 1 aliphatic heterocycles. The van der Waals surface area contributed by atoms with E-state index in [9.17, 15) is 12.8 Å². The second kappa shape index (κ2) is 5.77. The van der Waals surface area contributed by atoms with Gasteiger partial charge in [0.15, 0.2) is 0 Å². The highest BCUT2D eigenvalue weighted by Crippen LogP contribution is 2.21. The zero-order chi connectivity index (χ0) is 14.8. The number of piperidine rings is 1. The average Bonchev–Trinajstić information content (AvgIpc) is 2.41. The van der Waals surface area contributed by atoms with Gasteiger partial charge in [-0.15, -0.1) is 0 Å². The van der Waals surface area contributed by atoms with Gasteiger partial charge >= 0.3 is 10.2 Å². The third-order valence-corrected chi connectivity index (χ3v) is 4.95. The largest absolute Gasteiger partial charge is 0.301 e. The summed E-state index contributed by atoms with van der Waals surface area (Å²) in [4.78, 5) is 0. The molecule has 1 aromatic rings. The van der Waals surface area contributed by atoms with Gasteiger partial charge in [0.2, 0.25) is 0 Å². The lowest BCUT2D eigenvalue weighted by atomic mass is 10.0. The number of rotatable bonds is 3. The van der Waals surface area contributed by atoms with Crippen LogP contribution >= 0.6 is 0 Å². The number of hydrogen-bond acceptors (Lipinski definition) is 3. The number of nitriles is 1. The molecule has 20 heavy (non-hydrogen) atoms. The van der Waals surface area contributed by atoms with Gasteiger partial charge in [0.25, 0.3) is 0 Å². The zero-order valence-electron chi connectivity index (χ0n) is 11.1. The standard InChI is InChI=1S/C13H16FN3O2S/c1-10-4-6-17(7-5-10)20(18,19)16-12-2-3-13(14)11(8-12)9-15/h2-3,8,10,16H,4-7H2,1H3. The van der Waals surface area contributed by atoms with Crippen LogP contribution in [0.15, 0.2) is 18.2 Å². The fourth-order valence-electron chi connectivity index (χ4n) is 2.11. The Bertz CT molecular complexity index is 632. The van der Waals surface area contributed by atoms with Crippen LogP contribution in [-0.2, 0) is 10.2 Å². The molecule has 0 bridgehead atoms. The van der Waals surface area contributed by atoms with Gasteiger partial charge in [0, 0.05) is 13.1 Å². The number of nitrogens with one attached hydrogen (secondary N) is 1. The summed E-state index contributed by atoms with van der Waals surface area (Å²) in [5, 5.41) is 8.74. The van der Waals surface area contributed by atoms with Crippen LogP contribution in [0, 0.1) is 23.1 Å². The Hall–Kier alpha value is -1.65. The summed E-state index contributed by atoms with van der Waals surface area (Å²) in [6.45, 7) is 3.04. The molecule has 0 saturated carbocycles. The molecular weight excluding hydrogens is 281 g/mol. The number of nitrogens with zero attached hydrogens (tertiary/aromatic N) is 2. The molecule has 0 aromatic heterocycles. The second-order valence-electron chi connectivity index (χ2n) is 5.00. The maximum atomic E-state index is 13.2. The summed E-state index contributed by atoms with van der Waals surface area (Å²) in [6, 6.07) is 5.26. The fraction of sp³-hybridized carbons (Fsp3) is 0.462. The first-order valence-corrected chi connectivity index (χ1v) is 7.84. The SMILES string of the molecule is CC1CCN(S(=O)(=O)Nc2ccc(F)c(C#N)c2)CC1. The molecule has 7 heteroatoms. The molecule has 0 radical (unpaired) electrons. The first kappa shape index (κ1) is 14.8. The minimum absolute atomic E-state index is 0.183. The van der Waals surface area contributed by atoms with Crippen molar-refractivity contribution in [3.05, 3.63) is 29.6 Å². The lowest BCUT2D eigenvalue weighted by molar-refractivity contribution is 0.289. The number of benzene rings is 1. The van der Waals surface area contributed by atoms with Crippen LogP contribution in [0.1, 0.15) is 25.3 Å². The highest BCUT2D eigenvalue weighted by atomic mass is 32.2. The predicted octanol–water partition coefficient (Wildman–Crippen LogP) is 2.09. The van der Waals surface area contributed by atoms with Crippen molar-refractivity contribution in [3.8, 4) is 6.07 Å². The summed E-state index contributed by atoms with van der Waals surface area (Å²) in [5.41, 5.74) is 0.0130. The Morgan fingerprint density at radius 2 is 2.05 bits per heavy atom. The van der Waals surface area contributed by atoms with Crippen LogP contribution < -0.4 is 4.72 Å². The van der Waals surface area contributed by atoms with Crippen molar-refractivity contribution < 1.29 is 12.8 Å². The predicted molar refractivity (Wildman–Crippen MR) is 73.6 cm³/mol. The molecular formula is C13H16FN3O2S. The highest BCUT2D eigenvalue weighted by Gasteiger charge is 2.26. The number of anilines is 1. The molecule has 0 spiro atoms. The Morgan fingerprint density at radius 1 is 1.40 bits per heavy atom. The first-order chi connectivity index (χ1) is 9.42. The summed E-state index contributed by atoms with van der Waals surface area (Å²) >= 11 is 0. The molecule has 1 N–H and O–H groups in total. The van der Waals surface area contributed by atoms with E-state index in [4.69, 9.17) is 5.26 Å². The van der Waals surface area contributed by atoms with E-state index < -0.39 is 16.0 Å². The Morgan fingerprint density at radius 3 is 2.65 bits per heavy atom. The molecule has 1 fully saturated rings. The summed E-state index contributed by atoms with van der Waals surface area (Å²) < 4.78 is 41.3. The Balaban J connectivity index is 2.14. The lowest BCUT2D eigenvalue weighted by Crippen LogP contribution is -2.41. The van der Waals surface area contributed by atoms with E-state index in [0.29, 0.717) is 19.0 Å². The van der Waals surface area contributed by atoms with Crippen molar-refractivity contribution in [1.29, 1.82) is 5.26 Å². The molecule has 5 nitrogen and oxygen atoms in total. The van der Waals surface area contributed by atoms with Gasteiger partial charge < -0.3 is 0 Å². The second-order valence-corrected chi connectivity index (χ2v) is 6.67. The Labute approximate surface area is 118 Å². The molecule has 0 aliphatic carbocycles. The smallest absolute Gasteiger partial charge is 0.271 e. The van der Waals surface area contributed by atoms with Crippen molar-refractivity contribution >= 4 is 15.9 Å². The Kier molecular flexibility index (Phi) is 4.26. The maximum absolute atomic E-state index is 13.2. The zero-order valence-corrected chi connectivity index (χ0v) is 12.0. The molecule has 0 atom stereocenters. The quantitative estimate of drug-likeness (QED) is 0.928. The fourth-order valence-corrected chi connectivity index (χ4v) is 3.36. The highest BCUT2D eigenvalue weighted by molar-refractivity contribution is 7.90. The third-order valence-electron chi connectivity index (χ3n) is 3.42. The molecule has 1 heterocycles. The van der Waals surface area contributed by atoms with Crippen LogP contribution in [0.25, 0.3) is 0 Å². The first-order valence-electron chi connectivity index (χ1n) is 6.40. The molecule has 2 rings (SSSR count). The van der Waals surface area contributed by atoms with Crippen molar-refractivity contribution in [2.45, 2.75) is 19.8 Å². The van der Waals surface area contributed by atoms with E-state index in [0.717, 1.165) is 18.9 Å². The van der Waals surface area contributed by atoms with Gasteiger partial charge in [-0.1, -0.05) is 6.92 Å². The van der Waals surface area contributed by atoms with Crippen LogP contribution in [0.5, 0.6) is 0 Å². The van der Waals surface area contributed by atoms with Crippen molar-refractivity contribution in [1.82, 2.24) is 4.31 Å². The molecule has 0 amide bonds. The molecule has 1 saturated heterocycles. The summed E-state index contributed by atoms with van der Waals surface area (Å²) in [7, 11) is -3.65. The van der Waals surface area contributed by atoms with E-state index in [1.165, 1.54) is 16.4 Å². The molecule has 1 aromatic carbocycles. The van der Waals surface area contributed by atoms with Gasteiger partial charge in [-0.25, -0.2) is 4.39 Å². The van der Waals surface area contributed by atoms with E-state index in [-0.39, 0.29) is 11.3 Å². The lowest BCUT2D eigenvalue weighted by Gasteiger charge is -2.29. The van der Waals surface area contributed by atoms with Crippen LogP contribution in [0.2, 0.25) is 0 Å². The van der Waals surface area contributed by atoms with E-state index in [1.54, 1.807) is 6.07 Å². The van der Waals surface area contributed by atoms with Crippen LogP contribution in [0.4, 0.5) is 10.1 Å². The van der Waals surface area contributed by atoms with Gasteiger partial charge in [-0.3, -0.25) is 4.72 Å². The normalized spacial score (nSPS) is 17.6. The van der Waals surface area contributed by atoms with E-state index >= 15 is 0 Å². The number of hydrogen-bond donors (Lipinski definition) is 1.